The average Bonchev–Trinajstić information content (AvgIpc) is 2.35. The van der Waals surface area contributed by atoms with Gasteiger partial charge in [-0.25, -0.2) is 4.98 Å². The molecule has 0 aliphatic rings. The Morgan fingerprint density at radius 3 is 2.89 bits per heavy atom. The van der Waals surface area contributed by atoms with E-state index >= 15 is 0 Å². The van der Waals surface area contributed by atoms with Crippen molar-refractivity contribution in [2.75, 3.05) is 38.7 Å². The van der Waals surface area contributed by atoms with Gasteiger partial charge >= 0.3 is 0 Å². The molecule has 2 N–H and O–H groups in total. The minimum atomic E-state index is -0.533. The maximum absolute atomic E-state index is 10.5. The molecule has 8 heteroatoms. The van der Waals surface area contributed by atoms with Crippen LogP contribution in [0.3, 0.4) is 0 Å². The first-order valence-corrected chi connectivity index (χ1v) is 5.76. The summed E-state index contributed by atoms with van der Waals surface area (Å²) >= 11 is 5.87. The molecule has 0 fully saturated rings. The molecule has 1 heterocycles. The molecular weight excluding hydrogens is 260 g/mol. The van der Waals surface area contributed by atoms with Gasteiger partial charge in [0.25, 0.3) is 5.69 Å². The molecule has 0 atom stereocenters. The van der Waals surface area contributed by atoms with Crippen LogP contribution < -0.4 is 10.6 Å². The molecule has 0 saturated carbocycles. The van der Waals surface area contributed by atoms with Crippen molar-refractivity contribution in [2.45, 2.75) is 0 Å². The van der Waals surface area contributed by atoms with Gasteiger partial charge in [-0.3, -0.25) is 10.1 Å². The molecule has 0 saturated heterocycles. The lowest BCUT2D eigenvalue weighted by atomic mass is 10.4. The minimum Gasteiger partial charge on any atom is -0.383 e. The summed E-state index contributed by atoms with van der Waals surface area (Å²) in [7, 11) is 1.64. The zero-order valence-electron chi connectivity index (χ0n) is 9.98. The van der Waals surface area contributed by atoms with E-state index in [-0.39, 0.29) is 10.7 Å². The Labute approximate surface area is 110 Å². The Balaban J connectivity index is 2.36. The molecule has 0 radical (unpaired) electrons. The first-order valence-electron chi connectivity index (χ1n) is 5.38. The van der Waals surface area contributed by atoms with Crippen molar-refractivity contribution in [2.24, 2.45) is 0 Å². The van der Waals surface area contributed by atoms with Gasteiger partial charge in [0, 0.05) is 32.8 Å². The van der Waals surface area contributed by atoms with E-state index < -0.39 is 4.92 Å². The zero-order valence-corrected chi connectivity index (χ0v) is 10.7. The number of hydrogen-bond donors (Lipinski definition) is 2. The fourth-order valence-corrected chi connectivity index (χ4v) is 1.45. The number of rotatable bonds is 8. The van der Waals surface area contributed by atoms with Crippen LogP contribution >= 0.6 is 11.6 Å². The highest BCUT2D eigenvalue weighted by molar-refractivity contribution is 6.33. The Hall–Kier alpha value is -1.44. The van der Waals surface area contributed by atoms with E-state index in [1.165, 1.54) is 12.3 Å². The third-order valence-electron chi connectivity index (χ3n) is 2.11. The van der Waals surface area contributed by atoms with E-state index in [0.717, 1.165) is 13.1 Å². The quantitative estimate of drug-likeness (QED) is 0.422. The number of ether oxygens (including phenoxy) is 1. The molecule has 1 rings (SSSR count). The van der Waals surface area contributed by atoms with Gasteiger partial charge < -0.3 is 15.4 Å². The van der Waals surface area contributed by atoms with Crippen LogP contribution in [0.4, 0.5) is 11.5 Å². The second-order valence-corrected chi connectivity index (χ2v) is 3.86. The van der Waals surface area contributed by atoms with Gasteiger partial charge in [0.15, 0.2) is 0 Å². The van der Waals surface area contributed by atoms with Crippen molar-refractivity contribution in [3.63, 3.8) is 0 Å². The molecule has 18 heavy (non-hydrogen) atoms. The highest BCUT2D eigenvalue weighted by atomic mass is 35.5. The minimum absolute atomic E-state index is 0.122. The summed E-state index contributed by atoms with van der Waals surface area (Å²) in [5.74, 6) is 0.441. The largest absolute Gasteiger partial charge is 0.383 e. The third-order valence-corrected chi connectivity index (χ3v) is 2.40. The highest BCUT2D eigenvalue weighted by Gasteiger charge is 2.10. The number of pyridine rings is 1. The molecule has 100 valence electrons. The fraction of sp³-hybridized carbons (Fsp3) is 0.500. The van der Waals surface area contributed by atoms with Crippen LogP contribution in [0.1, 0.15) is 0 Å². The topological polar surface area (TPSA) is 89.3 Å². The molecular formula is C10H15ClN4O3. The normalized spacial score (nSPS) is 10.3. The zero-order chi connectivity index (χ0) is 13.4. The second-order valence-electron chi connectivity index (χ2n) is 3.45. The predicted molar refractivity (Wildman–Crippen MR) is 69.1 cm³/mol. The van der Waals surface area contributed by atoms with Crippen molar-refractivity contribution in [3.05, 3.63) is 27.4 Å². The Morgan fingerprint density at radius 2 is 2.28 bits per heavy atom. The standard InChI is InChI=1S/C10H15ClN4O3/c1-18-5-4-12-2-3-13-10-9(11)6-8(7-14-10)15(16)17/h6-7,12H,2-5H2,1H3,(H,13,14). The van der Waals surface area contributed by atoms with E-state index in [2.05, 4.69) is 15.6 Å². The molecule has 0 aliphatic heterocycles. The Bertz CT molecular complexity index is 403. The number of anilines is 1. The molecule has 7 nitrogen and oxygen atoms in total. The number of nitrogens with one attached hydrogen (secondary N) is 2. The van der Waals surface area contributed by atoms with Gasteiger partial charge in [0.1, 0.15) is 12.0 Å². The van der Waals surface area contributed by atoms with Crippen LogP contribution in [0.2, 0.25) is 5.02 Å². The second kappa shape index (κ2) is 7.80. The summed E-state index contributed by atoms with van der Waals surface area (Å²) in [5, 5.41) is 16.9. The molecule has 0 aromatic carbocycles. The van der Waals surface area contributed by atoms with E-state index in [1.807, 2.05) is 0 Å². The first-order chi connectivity index (χ1) is 8.65. The number of methoxy groups -OCH3 is 1. The summed E-state index contributed by atoms with van der Waals surface area (Å²) in [6.45, 7) is 2.75. The maximum atomic E-state index is 10.5. The number of nitro groups is 1. The lowest BCUT2D eigenvalue weighted by Gasteiger charge is -2.07. The van der Waals surface area contributed by atoms with Crippen LogP contribution in [0, 0.1) is 10.1 Å². The smallest absolute Gasteiger partial charge is 0.289 e. The van der Waals surface area contributed by atoms with Gasteiger partial charge in [-0.2, -0.15) is 0 Å². The summed E-state index contributed by atoms with van der Waals surface area (Å²) in [4.78, 5) is 13.9. The third kappa shape index (κ3) is 4.82. The summed E-state index contributed by atoms with van der Waals surface area (Å²) < 4.78 is 4.88. The van der Waals surface area contributed by atoms with Crippen molar-refractivity contribution >= 4 is 23.1 Å². The van der Waals surface area contributed by atoms with E-state index in [9.17, 15) is 10.1 Å². The van der Waals surface area contributed by atoms with Crippen LogP contribution in [-0.2, 0) is 4.74 Å². The molecule has 1 aromatic heterocycles. The van der Waals surface area contributed by atoms with Crippen molar-refractivity contribution < 1.29 is 9.66 Å². The number of hydrogen-bond acceptors (Lipinski definition) is 6. The predicted octanol–water partition coefficient (Wildman–Crippen LogP) is 1.29. The lowest BCUT2D eigenvalue weighted by molar-refractivity contribution is -0.385. The van der Waals surface area contributed by atoms with Crippen LogP contribution in [0.25, 0.3) is 0 Å². The summed E-state index contributed by atoms with van der Waals surface area (Å²) in [5.41, 5.74) is -0.122. The van der Waals surface area contributed by atoms with Crippen molar-refractivity contribution in [1.29, 1.82) is 0 Å². The molecule has 1 aromatic rings. The summed E-state index contributed by atoms with van der Waals surface area (Å²) in [6, 6.07) is 1.27. The SMILES string of the molecule is COCCNCCNc1ncc([N+](=O)[O-])cc1Cl. The van der Waals surface area contributed by atoms with E-state index in [0.29, 0.717) is 19.0 Å². The van der Waals surface area contributed by atoms with Gasteiger partial charge in [0.2, 0.25) is 0 Å². The molecule has 0 unspecified atom stereocenters. The number of nitrogens with zero attached hydrogens (tertiary/aromatic N) is 2. The van der Waals surface area contributed by atoms with Crippen molar-refractivity contribution in [3.8, 4) is 0 Å². The fourth-order valence-electron chi connectivity index (χ4n) is 1.23. The van der Waals surface area contributed by atoms with Gasteiger partial charge in [-0.1, -0.05) is 11.6 Å². The van der Waals surface area contributed by atoms with Gasteiger partial charge in [0.05, 0.1) is 16.6 Å². The number of aromatic nitrogens is 1. The van der Waals surface area contributed by atoms with Crippen LogP contribution in [-0.4, -0.2) is 43.3 Å². The molecule has 0 spiro atoms. The lowest BCUT2D eigenvalue weighted by Crippen LogP contribution is -2.25. The molecule has 0 amide bonds. The molecule has 0 aliphatic carbocycles. The number of halogens is 1. The van der Waals surface area contributed by atoms with Crippen LogP contribution in [0.15, 0.2) is 12.3 Å². The maximum Gasteiger partial charge on any atom is 0.289 e. The summed E-state index contributed by atoms with van der Waals surface area (Å²) in [6.07, 6.45) is 1.17. The van der Waals surface area contributed by atoms with E-state index in [4.69, 9.17) is 16.3 Å². The van der Waals surface area contributed by atoms with E-state index in [1.54, 1.807) is 7.11 Å². The highest BCUT2D eigenvalue weighted by Crippen LogP contribution is 2.23. The Morgan fingerprint density at radius 1 is 1.50 bits per heavy atom. The average molecular weight is 275 g/mol. The Kier molecular flexibility index (Phi) is 6.34. The van der Waals surface area contributed by atoms with Gasteiger partial charge in [-0.05, 0) is 0 Å². The first kappa shape index (κ1) is 14.6. The van der Waals surface area contributed by atoms with Gasteiger partial charge in [-0.15, -0.1) is 0 Å². The monoisotopic (exact) mass is 274 g/mol. The molecule has 0 bridgehead atoms. The van der Waals surface area contributed by atoms with Crippen LogP contribution in [0.5, 0.6) is 0 Å². The van der Waals surface area contributed by atoms with Crippen molar-refractivity contribution in [1.82, 2.24) is 10.3 Å².